The topological polar surface area (TPSA) is 59.1 Å². The first-order chi connectivity index (χ1) is 8.30. The Kier molecular flexibility index (Phi) is 6.32. The average Bonchev–Trinajstić information content (AvgIpc) is 2.36. The van der Waals surface area contributed by atoms with E-state index >= 15 is 0 Å². The molecule has 2 N–H and O–H groups in total. The van der Waals surface area contributed by atoms with Crippen LogP contribution in [0.2, 0.25) is 0 Å². The van der Waals surface area contributed by atoms with Crippen molar-refractivity contribution in [3.63, 3.8) is 0 Å². The molecule has 0 saturated heterocycles. The summed E-state index contributed by atoms with van der Waals surface area (Å²) in [4.78, 5) is 8.60. The van der Waals surface area contributed by atoms with E-state index in [1.807, 2.05) is 0 Å². The number of anilines is 2. The number of ether oxygens (including phenoxy) is 1. The third kappa shape index (κ3) is 4.99. The van der Waals surface area contributed by atoms with Crippen LogP contribution in [0.4, 0.5) is 11.6 Å². The summed E-state index contributed by atoms with van der Waals surface area (Å²) in [5, 5.41) is 6.52. The normalized spacial score (nSPS) is 12.2. The van der Waals surface area contributed by atoms with Crippen molar-refractivity contribution in [2.75, 3.05) is 30.9 Å². The van der Waals surface area contributed by atoms with Gasteiger partial charge in [0.1, 0.15) is 11.6 Å². The van der Waals surface area contributed by atoms with Gasteiger partial charge in [0.15, 0.2) is 0 Å². The molecule has 1 aromatic heterocycles. The van der Waals surface area contributed by atoms with Crippen LogP contribution in [0, 0.1) is 0 Å². The smallest absolute Gasteiger partial charge is 0.147 e. The molecule has 0 aliphatic carbocycles. The molecule has 0 amide bonds. The Morgan fingerprint density at radius 1 is 1.29 bits per heavy atom. The highest BCUT2D eigenvalue weighted by Gasteiger charge is 2.06. The van der Waals surface area contributed by atoms with Crippen LogP contribution in [-0.4, -0.2) is 36.3 Å². The summed E-state index contributed by atoms with van der Waals surface area (Å²) in [6.45, 7) is 5.82. The fourth-order valence-electron chi connectivity index (χ4n) is 1.45. The lowest BCUT2D eigenvalue weighted by Crippen LogP contribution is -2.24. The van der Waals surface area contributed by atoms with Gasteiger partial charge in [-0.3, -0.25) is 4.98 Å². The second-order valence-electron chi connectivity index (χ2n) is 3.92. The number of hydrogen-bond acceptors (Lipinski definition) is 5. The summed E-state index contributed by atoms with van der Waals surface area (Å²) in [6, 6.07) is 0.274. The van der Waals surface area contributed by atoms with Gasteiger partial charge in [-0.2, -0.15) is 0 Å². The van der Waals surface area contributed by atoms with Crippen LogP contribution in [-0.2, 0) is 4.74 Å². The van der Waals surface area contributed by atoms with Gasteiger partial charge in [-0.1, -0.05) is 13.8 Å². The fraction of sp³-hybridized carbons (Fsp3) is 0.667. The van der Waals surface area contributed by atoms with Crippen LogP contribution in [0.3, 0.4) is 0 Å². The lowest BCUT2D eigenvalue weighted by molar-refractivity contribution is 0.184. The second-order valence-corrected chi connectivity index (χ2v) is 3.92. The predicted octanol–water partition coefficient (Wildman–Crippen LogP) is 2.14. The molecule has 1 atom stereocenters. The second kappa shape index (κ2) is 7.84. The minimum absolute atomic E-state index is 0.274. The van der Waals surface area contributed by atoms with E-state index in [4.69, 9.17) is 4.74 Å². The molecule has 0 spiro atoms. The molecule has 1 unspecified atom stereocenters. The Hall–Kier alpha value is -1.36. The van der Waals surface area contributed by atoms with Gasteiger partial charge in [-0.05, 0) is 12.8 Å². The zero-order valence-corrected chi connectivity index (χ0v) is 10.9. The SMILES string of the molecule is CCCNc1cncc(NC(CC)COC)n1. The summed E-state index contributed by atoms with van der Waals surface area (Å²) >= 11 is 0. The van der Waals surface area contributed by atoms with Crippen LogP contribution in [0.5, 0.6) is 0 Å². The van der Waals surface area contributed by atoms with E-state index < -0.39 is 0 Å². The van der Waals surface area contributed by atoms with Crippen molar-refractivity contribution < 1.29 is 4.74 Å². The van der Waals surface area contributed by atoms with Crippen LogP contribution in [0.15, 0.2) is 12.4 Å². The Labute approximate surface area is 103 Å². The quantitative estimate of drug-likeness (QED) is 0.726. The molecule has 1 rings (SSSR count). The molecule has 5 nitrogen and oxygen atoms in total. The highest BCUT2D eigenvalue weighted by atomic mass is 16.5. The van der Waals surface area contributed by atoms with Gasteiger partial charge in [0.2, 0.25) is 0 Å². The molecule has 17 heavy (non-hydrogen) atoms. The molecular weight excluding hydrogens is 216 g/mol. The number of nitrogens with zero attached hydrogens (tertiary/aromatic N) is 2. The summed E-state index contributed by atoms with van der Waals surface area (Å²) < 4.78 is 5.14. The Balaban J connectivity index is 2.57. The third-order valence-corrected chi connectivity index (χ3v) is 2.40. The minimum atomic E-state index is 0.274. The van der Waals surface area contributed by atoms with E-state index in [0.29, 0.717) is 6.61 Å². The molecule has 0 aromatic carbocycles. The first-order valence-corrected chi connectivity index (χ1v) is 6.11. The van der Waals surface area contributed by atoms with E-state index in [1.54, 1.807) is 19.5 Å². The molecule has 0 radical (unpaired) electrons. The van der Waals surface area contributed by atoms with E-state index in [2.05, 4.69) is 34.4 Å². The standard InChI is InChI=1S/C12H22N4O/c1-4-6-14-11-7-13-8-12(16-11)15-10(5-2)9-17-3/h7-8,10H,4-6,9H2,1-3H3,(H2,14,15,16). The van der Waals surface area contributed by atoms with Gasteiger partial charge in [0, 0.05) is 13.7 Å². The van der Waals surface area contributed by atoms with E-state index in [9.17, 15) is 0 Å². The Morgan fingerprint density at radius 2 is 2.06 bits per heavy atom. The number of methoxy groups -OCH3 is 1. The Bertz CT molecular complexity index is 319. The largest absolute Gasteiger partial charge is 0.383 e. The average molecular weight is 238 g/mol. The molecule has 0 aliphatic rings. The van der Waals surface area contributed by atoms with Gasteiger partial charge in [0.25, 0.3) is 0 Å². The van der Waals surface area contributed by atoms with Gasteiger partial charge < -0.3 is 15.4 Å². The minimum Gasteiger partial charge on any atom is -0.383 e. The molecule has 0 bridgehead atoms. The zero-order valence-electron chi connectivity index (χ0n) is 10.9. The van der Waals surface area contributed by atoms with Gasteiger partial charge in [0.05, 0.1) is 25.0 Å². The van der Waals surface area contributed by atoms with Crippen LogP contribution < -0.4 is 10.6 Å². The lowest BCUT2D eigenvalue weighted by atomic mass is 10.2. The number of nitrogens with one attached hydrogen (secondary N) is 2. The molecule has 0 fully saturated rings. The predicted molar refractivity (Wildman–Crippen MR) is 70.4 cm³/mol. The zero-order chi connectivity index (χ0) is 12.5. The van der Waals surface area contributed by atoms with Crippen LogP contribution in [0.25, 0.3) is 0 Å². The molecule has 0 saturated carbocycles. The Morgan fingerprint density at radius 3 is 2.71 bits per heavy atom. The van der Waals surface area contributed by atoms with Crippen molar-refractivity contribution >= 4 is 11.6 Å². The number of rotatable bonds is 8. The van der Waals surface area contributed by atoms with Crippen LogP contribution >= 0.6 is 0 Å². The van der Waals surface area contributed by atoms with Gasteiger partial charge in [-0.25, -0.2) is 4.98 Å². The van der Waals surface area contributed by atoms with Crippen molar-refractivity contribution in [3.05, 3.63) is 12.4 Å². The van der Waals surface area contributed by atoms with Gasteiger partial charge >= 0.3 is 0 Å². The molecule has 5 heteroatoms. The van der Waals surface area contributed by atoms with Crippen LogP contribution in [0.1, 0.15) is 26.7 Å². The van der Waals surface area contributed by atoms with Crippen molar-refractivity contribution in [2.24, 2.45) is 0 Å². The number of aromatic nitrogens is 2. The maximum atomic E-state index is 5.14. The maximum Gasteiger partial charge on any atom is 0.147 e. The third-order valence-electron chi connectivity index (χ3n) is 2.40. The van der Waals surface area contributed by atoms with Crippen molar-refractivity contribution in [2.45, 2.75) is 32.7 Å². The summed E-state index contributed by atoms with van der Waals surface area (Å²) in [5.74, 6) is 1.60. The summed E-state index contributed by atoms with van der Waals surface area (Å²) in [7, 11) is 1.70. The first kappa shape index (κ1) is 13.7. The van der Waals surface area contributed by atoms with Gasteiger partial charge in [-0.15, -0.1) is 0 Å². The highest BCUT2D eigenvalue weighted by molar-refractivity contribution is 5.42. The lowest BCUT2D eigenvalue weighted by Gasteiger charge is -2.16. The summed E-state index contributed by atoms with van der Waals surface area (Å²) in [6.07, 6.45) is 5.52. The monoisotopic (exact) mass is 238 g/mol. The van der Waals surface area contributed by atoms with Crippen molar-refractivity contribution in [3.8, 4) is 0 Å². The molecule has 0 aliphatic heterocycles. The molecule has 1 heterocycles. The van der Waals surface area contributed by atoms with E-state index in [-0.39, 0.29) is 6.04 Å². The molecule has 96 valence electrons. The van der Waals surface area contributed by atoms with E-state index in [1.165, 1.54) is 0 Å². The fourth-order valence-corrected chi connectivity index (χ4v) is 1.45. The summed E-state index contributed by atoms with van der Waals surface area (Å²) in [5.41, 5.74) is 0. The highest BCUT2D eigenvalue weighted by Crippen LogP contribution is 2.09. The number of hydrogen-bond donors (Lipinski definition) is 2. The molecular formula is C12H22N4O. The molecule has 1 aromatic rings. The first-order valence-electron chi connectivity index (χ1n) is 6.11. The maximum absolute atomic E-state index is 5.14. The van der Waals surface area contributed by atoms with Crippen molar-refractivity contribution in [1.29, 1.82) is 0 Å². The van der Waals surface area contributed by atoms with Crippen molar-refractivity contribution in [1.82, 2.24) is 9.97 Å². The van der Waals surface area contributed by atoms with E-state index in [0.717, 1.165) is 31.0 Å².